The maximum Gasteiger partial charge on any atom is 0.335 e. The molecule has 0 atom stereocenters. The number of carbonyl (C=O) groups excluding carboxylic acids is 2. The Labute approximate surface area is 160 Å². The molecule has 0 aliphatic carbocycles. The summed E-state index contributed by atoms with van der Waals surface area (Å²) in [5, 5.41) is 14.7. The van der Waals surface area contributed by atoms with Crippen LogP contribution in [0.1, 0.15) is 38.1 Å². The van der Waals surface area contributed by atoms with Crippen LogP contribution in [-0.2, 0) is 13.0 Å². The van der Waals surface area contributed by atoms with Crippen molar-refractivity contribution in [3.8, 4) is 0 Å². The number of thiophene rings is 1. The summed E-state index contributed by atoms with van der Waals surface area (Å²) in [5.41, 5.74) is 7.41. The van der Waals surface area contributed by atoms with E-state index in [1.807, 2.05) is 0 Å². The summed E-state index contributed by atoms with van der Waals surface area (Å²) in [7, 11) is 0. The Morgan fingerprint density at radius 2 is 1.93 bits per heavy atom. The molecule has 0 spiro atoms. The molecule has 0 unspecified atom stereocenters. The van der Waals surface area contributed by atoms with Gasteiger partial charge in [0.15, 0.2) is 0 Å². The molecule has 8 nitrogen and oxygen atoms in total. The molecule has 0 saturated heterocycles. The number of rotatable bonds is 5. The molecule has 1 aromatic heterocycles. The third-order valence-corrected chi connectivity index (χ3v) is 5.58. The lowest BCUT2D eigenvalue weighted by molar-refractivity contribution is 0.0696. The normalized spacial score (nSPS) is 13.7. The van der Waals surface area contributed by atoms with Crippen molar-refractivity contribution in [1.29, 1.82) is 0 Å². The van der Waals surface area contributed by atoms with Crippen molar-refractivity contribution < 1.29 is 19.5 Å². The molecular weight excluding hydrogens is 368 g/mol. The van der Waals surface area contributed by atoms with Crippen molar-refractivity contribution in [2.45, 2.75) is 19.9 Å². The largest absolute Gasteiger partial charge is 0.478 e. The van der Waals surface area contributed by atoms with Gasteiger partial charge in [0.2, 0.25) is 0 Å². The zero-order chi connectivity index (χ0) is 19.6. The van der Waals surface area contributed by atoms with Gasteiger partial charge in [0.25, 0.3) is 5.91 Å². The van der Waals surface area contributed by atoms with E-state index in [4.69, 9.17) is 10.8 Å². The second-order valence-electron chi connectivity index (χ2n) is 6.15. The number of amides is 3. The molecule has 9 heteroatoms. The second-order valence-corrected chi connectivity index (χ2v) is 7.26. The number of hydrogen-bond acceptors (Lipinski definition) is 5. The maximum absolute atomic E-state index is 12.3. The number of fused-ring (bicyclic) bond motifs is 1. The lowest BCUT2D eigenvalue weighted by atomic mass is 10.0. The van der Waals surface area contributed by atoms with Crippen LogP contribution < -0.4 is 16.4 Å². The number of nitrogens with zero attached hydrogens (tertiary/aromatic N) is 1. The van der Waals surface area contributed by atoms with Crippen LogP contribution in [0.25, 0.3) is 0 Å². The van der Waals surface area contributed by atoms with E-state index in [0.29, 0.717) is 16.3 Å². The van der Waals surface area contributed by atoms with Crippen molar-refractivity contribution >= 4 is 39.9 Å². The van der Waals surface area contributed by atoms with Crippen LogP contribution in [0.4, 0.5) is 15.5 Å². The van der Waals surface area contributed by atoms with Crippen LogP contribution in [0.2, 0.25) is 0 Å². The van der Waals surface area contributed by atoms with Crippen LogP contribution in [0.5, 0.6) is 0 Å². The number of carbonyl (C=O) groups is 3. The summed E-state index contributed by atoms with van der Waals surface area (Å²) in [6.07, 6.45) is 0.720. The van der Waals surface area contributed by atoms with E-state index in [1.54, 1.807) is 0 Å². The topological polar surface area (TPSA) is 125 Å². The predicted molar refractivity (Wildman–Crippen MR) is 104 cm³/mol. The average molecular weight is 388 g/mol. The number of primary amides is 1. The zero-order valence-corrected chi connectivity index (χ0v) is 15.6. The molecule has 1 aromatic carbocycles. The number of carboxylic acids is 1. The number of hydrogen-bond donors (Lipinski definition) is 4. The summed E-state index contributed by atoms with van der Waals surface area (Å²) in [4.78, 5) is 38.4. The van der Waals surface area contributed by atoms with Gasteiger partial charge >= 0.3 is 12.0 Å². The summed E-state index contributed by atoms with van der Waals surface area (Å²) in [6.45, 7) is 4.58. The molecule has 1 aliphatic heterocycles. The smallest absolute Gasteiger partial charge is 0.335 e. The van der Waals surface area contributed by atoms with E-state index < -0.39 is 17.9 Å². The quantitative estimate of drug-likeness (QED) is 0.626. The molecule has 27 heavy (non-hydrogen) atoms. The van der Waals surface area contributed by atoms with Crippen molar-refractivity contribution in [3.05, 3.63) is 45.8 Å². The minimum absolute atomic E-state index is 0.128. The van der Waals surface area contributed by atoms with Gasteiger partial charge in [0.05, 0.1) is 11.1 Å². The first-order valence-corrected chi connectivity index (χ1v) is 9.28. The van der Waals surface area contributed by atoms with E-state index in [0.717, 1.165) is 36.5 Å². The highest BCUT2D eigenvalue weighted by Crippen LogP contribution is 2.36. The summed E-state index contributed by atoms with van der Waals surface area (Å²) < 4.78 is 0. The Bertz CT molecular complexity index is 892. The van der Waals surface area contributed by atoms with Gasteiger partial charge in [0, 0.05) is 23.7 Å². The lowest BCUT2D eigenvalue weighted by Crippen LogP contribution is -2.30. The molecule has 0 radical (unpaired) electrons. The second kappa shape index (κ2) is 7.77. The SMILES string of the molecule is CCN1CCc2c(sc(NC(=O)Nc3ccc(C(=O)O)cc3)c2C(N)=O)C1. The van der Waals surface area contributed by atoms with Crippen LogP contribution in [0.3, 0.4) is 0 Å². The number of urea groups is 1. The Balaban J connectivity index is 1.76. The van der Waals surface area contributed by atoms with Crippen LogP contribution in [-0.4, -0.2) is 41.0 Å². The number of carboxylic acid groups (broad SMARTS) is 1. The first-order chi connectivity index (χ1) is 12.9. The highest BCUT2D eigenvalue weighted by atomic mass is 32.1. The first-order valence-electron chi connectivity index (χ1n) is 8.47. The number of aromatic carboxylic acids is 1. The molecule has 142 valence electrons. The highest BCUT2D eigenvalue weighted by molar-refractivity contribution is 7.17. The fourth-order valence-corrected chi connectivity index (χ4v) is 4.33. The maximum atomic E-state index is 12.3. The molecule has 2 heterocycles. The van der Waals surface area contributed by atoms with E-state index in [1.165, 1.54) is 35.6 Å². The molecule has 0 fully saturated rings. The van der Waals surface area contributed by atoms with Crippen LogP contribution in [0, 0.1) is 0 Å². The molecule has 2 aromatic rings. The van der Waals surface area contributed by atoms with Gasteiger partial charge in [0.1, 0.15) is 5.00 Å². The zero-order valence-electron chi connectivity index (χ0n) is 14.7. The van der Waals surface area contributed by atoms with Crippen LogP contribution >= 0.6 is 11.3 Å². The molecule has 5 N–H and O–H groups in total. The van der Waals surface area contributed by atoms with Gasteiger partial charge in [-0.15, -0.1) is 11.3 Å². The van der Waals surface area contributed by atoms with Gasteiger partial charge < -0.3 is 16.2 Å². The third kappa shape index (κ3) is 4.09. The molecule has 3 rings (SSSR count). The molecule has 0 saturated carbocycles. The van der Waals surface area contributed by atoms with Gasteiger partial charge in [-0.25, -0.2) is 9.59 Å². The minimum Gasteiger partial charge on any atom is -0.478 e. The molecule has 3 amide bonds. The van der Waals surface area contributed by atoms with Crippen molar-refractivity contribution in [2.24, 2.45) is 5.73 Å². The third-order valence-electron chi connectivity index (χ3n) is 4.45. The fraction of sp³-hybridized carbons (Fsp3) is 0.278. The van der Waals surface area contributed by atoms with Crippen LogP contribution in [0.15, 0.2) is 24.3 Å². The molecule has 1 aliphatic rings. The fourth-order valence-electron chi connectivity index (χ4n) is 3.04. The van der Waals surface area contributed by atoms with Crippen molar-refractivity contribution in [2.75, 3.05) is 23.7 Å². The monoisotopic (exact) mass is 388 g/mol. The number of likely N-dealkylation sites (N-methyl/N-ethyl adjacent to an activating group) is 1. The lowest BCUT2D eigenvalue weighted by Gasteiger charge is -2.25. The number of nitrogens with one attached hydrogen (secondary N) is 2. The summed E-state index contributed by atoms with van der Waals surface area (Å²) in [6, 6.07) is 5.27. The summed E-state index contributed by atoms with van der Waals surface area (Å²) >= 11 is 1.36. The Morgan fingerprint density at radius 1 is 1.22 bits per heavy atom. The Kier molecular flexibility index (Phi) is 5.43. The van der Waals surface area contributed by atoms with E-state index in [9.17, 15) is 14.4 Å². The number of nitrogens with two attached hydrogens (primary N) is 1. The van der Waals surface area contributed by atoms with E-state index >= 15 is 0 Å². The molecule has 0 bridgehead atoms. The summed E-state index contributed by atoms with van der Waals surface area (Å²) in [5.74, 6) is -1.60. The minimum atomic E-state index is -1.04. The number of anilines is 2. The van der Waals surface area contributed by atoms with Crippen molar-refractivity contribution in [1.82, 2.24) is 4.90 Å². The van der Waals surface area contributed by atoms with Gasteiger partial charge in [-0.1, -0.05) is 6.92 Å². The first kappa shape index (κ1) is 18.9. The Hall–Kier alpha value is -2.91. The average Bonchev–Trinajstić information content (AvgIpc) is 2.98. The predicted octanol–water partition coefficient (Wildman–Crippen LogP) is 2.57. The number of benzene rings is 1. The van der Waals surface area contributed by atoms with E-state index in [-0.39, 0.29) is 5.56 Å². The van der Waals surface area contributed by atoms with Gasteiger partial charge in [-0.05, 0) is 42.8 Å². The van der Waals surface area contributed by atoms with Gasteiger partial charge in [-0.2, -0.15) is 0 Å². The van der Waals surface area contributed by atoms with Crippen molar-refractivity contribution in [3.63, 3.8) is 0 Å². The standard InChI is InChI=1S/C18H20N4O4S/c1-2-22-8-7-12-13(9-22)27-16(14(12)15(19)23)21-18(26)20-11-5-3-10(4-6-11)17(24)25/h3-6H,2,7-9H2,1H3,(H2,19,23)(H,24,25)(H2,20,21,26). The highest BCUT2D eigenvalue weighted by Gasteiger charge is 2.27. The molecular formula is C18H20N4O4S. The van der Waals surface area contributed by atoms with E-state index in [2.05, 4.69) is 22.5 Å². The van der Waals surface area contributed by atoms with Gasteiger partial charge in [-0.3, -0.25) is 15.0 Å². The Morgan fingerprint density at radius 3 is 2.52 bits per heavy atom.